The van der Waals surface area contributed by atoms with Crippen molar-refractivity contribution in [2.45, 2.75) is 25.8 Å². The number of hydrogen-bond donors (Lipinski definition) is 1. The fourth-order valence-electron chi connectivity index (χ4n) is 2.98. The minimum Gasteiger partial charge on any atom is -0.478 e. The molecule has 2 aromatic rings. The Hall–Kier alpha value is -2.30. The Morgan fingerprint density at radius 2 is 2.15 bits per heavy atom. The van der Waals surface area contributed by atoms with Gasteiger partial charge in [0.15, 0.2) is 0 Å². The highest BCUT2D eigenvalue weighted by Gasteiger charge is 2.23. The van der Waals surface area contributed by atoms with Crippen LogP contribution in [-0.4, -0.2) is 28.7 Å². The number of aromatic carboxylic acids is 1. The second kappa shape index (κ2) is 4.67. The van der Waals surface area contributed by atoms with Gasteiger partial charge in [0.2, 0.25) is 0 Å². The first kappa shape index (κ1) is 12.7. The minimum atomic E-state index is -0.931. The Labute approximate surface area is 115 Å². The third kappa shape index (κ3) is 1.86. The molecule has 0 unspecified atom stereocenters. The molecule has 104 valence electrons. The van der Waals surface area contributed by atoms with Gasteiger partial charge >= 0.3 is 11.9 Å². The SMILES string of the molecule is COC(=O)Cn1c2c(c3cc(C(=O)O)ccc31)CCC2. The van der Waals surface area contributed by atoms with Crippen LogP contribution in [0.5, 0.6) is 0 Å². The molecule has 1 aliphatic carbocycles. The lowest BCUT2D eigenvalue weighted by Gasteiger charge is -2.08. The molecule has 5 nitrogen and oxygen atoms in total. The van der Waals surface area contributed by atoms with Gasteiger partial charge in [-0.1, -0.05) is 0 Å². The van der Waals surface area contributed by atoms with E-state index in [1.54, 1.807) is 18.2 Å². The highest BCUT2D eigenvalue weighted by Crippen LogP contribution is 2.33. The number of aromatic nitrogens is 1. The average Bonchev–Trinajstić information content (AvgIpc) is 3.01. The molecule has 1 aliphatic rings. The molecule has 1 aromatic heterocycles. The molecule has 0 radical (unpaired) electrons. The van der Waals surface area contributed by atoms with Crippen LogP contribution in [0.15, 0.2) is 18.2 Å². The lowest BCUT2D eigenvalue weighted by atomic mass is 10.1. The van der Waals surface area contributed by atoms with Gasteiger partial charge in [0, 0.05) is 16.6 Å². The molecule has 1 heterocycles. The highest BCUT2D eigenvalue weighted by molar-refractivity contribution is 5.96. The molecule has 20 heavy (non-hydrogen) atoms. The minimum absolute atomic E-state index is 0.175. The van der Waals surface area contributed by atoms with Gasteiger partial charge in [0.1, 0.15) is 6.54 Å². The molecule has 0 bridgehead atoms. The second-order valence-electron chi connectivity index (χ2n) is 4.98. The zero-order chi connectivity index (χ0) is 14.3. The number of aryl methyl sites for hydroxylation is 1. The molecule has 3 rings (SSSR count). The lowest BCUT2D eigenvalue weighted by molar-refractivity contribution is -0.141. The maximum atomic E-state index is 11.6. The predicted molar refractivity (Wildman–Crippen MR) is 72.9 cm³/mol. The Morgan fingerprint density at radius 3 is 2.85 bits per heavy atom. The van der Waals surface area contributed by atoms with Gasteiger partial charge in [-0.25, -0.2) is 4.79 Å². The van der Waals surface area contributed by atoms with Crippen LogP contribution < -0.4 is 0 Å². The van der Waals surface area contributed by atoms with Gasteiger partial charge in [0.05, 0.1) is 12.7 Å². The summed E-state index contributed by atoms with van der Waals surface area (Å²) < 4.78 is 6.69. The molecule has 0 saturated heterocycles. The van der Waals surface area contributed by atoms with E-state index in [0.29, 0.717) is 0 Å². The number of carboxylic acid groups (broad SMARTS) is 1. The van der Waals surface area contributed by atoms with E-state index in [4.69, 9.17) is 9.84 Å². The Morgan fingerprint density at radius 1 is 1.35 bits per heavy atom. The fraction of sp³-hybridized carbons (Fsp3) is 0.333. The van der Waals surface area contributed by atoms with Crippen LogP contribution in [0.4, 0.5) is 0 Å². The first-order valence-electron chi connectivity index (χ1n) is 6.56. The van der Waals surface area contributed by atoms with Crippen molar-refractivity contribution in [2.75, 3.05) is 7.11 Å². The van der Waals surface area contributed by atoms with Crippen molar-refractivity contribution in [3.63, 3.8) is 0 Å². The van der Waals surface area contributed by atoms with Crippen molar-refractivity contribution in [3.05, 3.63) is 35.0 Å². The van der Waals surface area contributed by atoms with Crippen LogP contribution in [-0.2, 0) is 28.9 Å². The molecule has 0 spiro atoms. The molecular formula is C15H15NO4. The molecule has 0 fully saturated rings. The number of carbonyl (C=O) groups excluding carboxylic acids is 1. The number of methoxy groups -OCH3 is 1. The van der Waals surface area contributed by atoms with Crippen molar-refractivity contribution >= 4 is 22.8 Å². The van der Waals surface area contributed by atoms with E-state index in [-0.39, 0.29) is 18.1 Å². The largest absolute Gasteiger partial charge is 0.478 e. The first-order valence-corrected chi connectivity index (χ1v) is 6.56. The monoisotopic (exact) mass is 273 g/mol. The number of hydrogen-bond acceptors (Lipinski definition) is 3. The molecule has 0 aliphatic heterocycles. The molecule has 0 saturated carbocycles. The van der Waals surface area contributed by atoms with E-state index in [2.05, 4.69) is 0 Å². The van der Waals surface area contributed by atoms with Crippen molar-refractivity contribution in [1.29, 1.82) is 0 Å². The zero-order valence-corrected chi connectivity index (χ0v) is 11.2. The van der Waals surface area contributed by atoms with E-state index in [9.17, 15) is 9.59 Å². The number of carboxylic acids is 1. The summed E-state index contributed by atoms with van der Waals surface area (Å²) in [6, 6.07) is 5.06. The van der Waals surface area contributed by atoms with Crippen molar-refractivity contribution in [3.8, 4) is 0 Å². The number of rotatable bonds is 3. The Bertz CT molecular complexity index is 714. The standard InChI is InChI=1S/C15H15NO4/c1-20-14(17)8-16-12-4-2-3-10(12)11-7-9(15(18)19)5-6-13(11)16/h5-7H,2-4,8H2,1H3,(H,18,19). The van der Waals surface area contributed by atoms with Gasteiger partial charge in [-0.2, -0.15) is 0 Å². The van der Waals surface area contributed by atoms with Crippen molar-refractivity contribution < 1.29 is 19.4 Å². The molecule has 0 atom stereocenters. The molecule has 1 aromatic carbocycles. The summed E-state index contributed by atoms with van der Waals surface area (Å²) in [4.78, 5) is 22.7. The van der Waals surface area contributed by atoms with Gasteiger partial charge in [-0.15, -0.1) is 0 Å². The van der Waals surface area contributed by atoms with Gasteiger partial charge in [0.25, 0.3) is 0 Å². The maximum Gasteiger partial charge on any atom is 0.335 e. The van der Waals surface area contributed by atoms with Crippen LogP contribution >= 0.6 is 0 Å². The van der Waals surface area contributed by atoms with Gasteiger partial charge in [-0.3, -0.25) is 4.79 Å². The Balaban J connectivity index is 2.20. The van der Waals surface area contributed by atoms with E-state index < -0.39 is 5.97 Å². The van der Waals surface area contributed by atoms with Crippen molar-refractivity contribution in [2.24, 2.45) is 0 Å². The first-order chi connectivity index (χ1) is 9.61. The third-order valence-electron chi connectivity index (χ3n) is 3.89. The summed E-state index contributed by atoms with van der Waals surface area (Å²) in [6.45, 7) is 0.175. The van der Waals surface area contributed by atoms with Crippen LogP contribution in [0, 0.1) is 0 Å². The summed E-state index contributed by atoms with van der Waals surface area (Å²) in [6.07, 6.45) is 2.89. The highest BCUT2D eigenvalue weighted by atomic mass is 16.5. The molecular weight excluding hydrogens is 258 g/mol. The average molecular weight is 273 g/mol. The van der Waals surface area contributed by atoms with E-state index >= 15 is 0 Å². The number of esters is 1. The summed E-state index contributed by atoms with van der Waals surface area (Å²) in [5.41, 5.74) is 3.49. The number of ether oxygens (including phenoxy) is 1. The summed E-state index contributed by atoms with van der Waals surface area (Å²) in [5.74, 6) is -1.22. The van der Waals surface area contributed by atoms with E-state index in [0.717, 1.165) is 35.9 Å². The zero-order valence-electron chi connectivity index (χ0n) is 11.2. The number of fused-ring (bicyclic) bond motifs is 3. The van der Waals surface area contributed by atoms with Crippen LogP contribution in [0.1, 0.15) is 28.0 Å². The number of benzene rings is 1. The van der Waals surface area contributed by atoms with Gasteiger partial charge < -0.3 is 14.4 Å². The third-order valence-corrected chi connectivity index (χ3v) is 3.89. The number of nitrogens with zero attached hydrogens (tertiary/aromatic N) is 1. The summed E-state index contributed by atoms with van der Waals surface area (Å²) >= 11 is 0. The van der Waals surface area contributed by atoms with Crippen molar-refractivity contribution in [1.82, 2.24) is 4.57 Å². The fourth-order valence-corrected chi connectivity index (χ4v) is 2.98. The van der Waals surface area contributed by atoms with Crippen LogP contribution in [0.3, 0.4) is 0 Å². The van der Waals surface area contributed by atoms with E-state index in [1.807, 2.05) is 4.57 Å². The quantitative estimate of drug-likeness (QED) is 0.868. The molecule has 1 N–H and O–H groups in total. The topological polar surface area (TPSA) is 68.5 Å². The lowest BCUT2D eigenvalue weighted by Crippen LogP contribution is -2.13. The summed E-state index contributed by atoms with van der Waals surface area (Å²) in [7, 11) is 1.37. The molecule has 0 amide bonds. The molecule has 5 heteroatoms. The number of carbonyl (C=O) groups is 2. The normalized spacial score (nSPS) is 13.4. The van der Waals surface area contributed by atoms with E-state index in [1.165, 1.54) is 12.7 Å². The Kier molecular flexibility index (Phi) is 2.97. The van der Waals surface area contributed by atoms with Crippen LogP contribution in [0.25, 0.3) is 10.9 Å². The summed E-state index contributed by atoms with van der Waals surface area (Å²) in [5, 5.41) is 10.0. The predicted octanol–water partition coefficient (Wildman–Crippen LogP) is 2.00. The second-order valence-corrected chi connectivity index (χ2v) is 4.98. The van der Waals surface area contributed by atoms with Crippen LogP contribution in [0.2, 0.25) is 0 Å². The maximum absolute atomic E-state index is 11.6. The van der Waals surface area contributed by atoms with Gasteiger partial charge in [-0.05, 0) is 43.0 Å². The smallest absolute Gasteiger partial charge is 0.335 e.